The molecule has 4 aromatic rings. The van der Waals surface area contributed by atoms with Gasteiger partial charge in [-0.1, -0.05) is 55.1 Å². The van der Waals surface area contributed by atoms with Gasteiger partial charge in [0, 0.05) is 7.05 Å². The van der Waals surface area contributed by atoms with Crippen LogP contribution >= 0.6 is 0 Å². The van der Waals surface area contributed by atoms with E-state index in [9.17, 15) is 0 Å². The van der Waals surface area contributed by atoms with Gasteiger partial charge in [0.15, 0.2) is 0 Å². The number of anilines is 3. The molecule has 132 valence electrons. The van der Waals surface area contributed by atoms with E-state index in [1.165, 1.54) is 49.7 Å². The van der Waals surface area contributed by atoms with Crippen LogP contribution in [0.2, 0.25) is 0 Å². The fourth-order valence-corrected chi connectivity index (χ4v) is 4.37. The maximum absolute atomic E-state index is 4.41. The van der Waals surface area contributed by atoms with Crippen LogP contribution in [0.4, 0.5) is 17.1 Å². The van der Waals surface area contributed by atoms with Crippen LogP contribution < -0.4 is 9.80 Å². The average molecular weight is 350 g/mol. The standard InChI is InChI=1S/C25H22N2/c1-16-13-21-11-7-8-12-22(21)17(2)25(16)27-18(3)26(4)23-14-19-9-5-6-10-20(19)15-24(23)27/h5-15H,3H2,1-2,4H3. The summed E-state index contributed by atoms with van der Waals surface area (Å²) in [4.78, 5) is 4.51. The van der Waals surface area contributed by atoms with Crippen molar-refractivity contribution < 1.29 is 0 Å². The van der Waals surface area contributed by atoms with Crippen molar-refractivity contribution in [2.45, 2.75) is 13.8 Å². The Hall–Kier alpha value is -3.26. The second-order valence-corrected chi connectivity index (χ2v) is 7.39. The Morgan fingerprint density at radius 3 is 2.04 bits per heavy atom. The van der Waals surface area contributed by atoms with Gasteiger partial charge in [-0.25, -0.2) is 0 Å². The predicted molar refractivity (Wildman–Crippen MR) is 117 cm³/mol. The molecule has 2 nitrogen and oxygen atoms in total. The van der Waals surface area contributed by atoms with Crippen molar-refractivity contribution in [2.24, 2.45) is 0 Å². The number of rotatable bonds is 1. The Balaban J connectivity index is 1.81. The smallest absolute Gasteiger partial charge is 0.110 e. The number of fused-ring (bicyclic) bond motifs is 3. The third-order valence-electron chi connectivity index (χ3n) is 5.78. The summed E-state index contributed by atoms with van der Waals surface area (Å²) in [6.07, 6.45) is 0. The third kappa shape index (κ3) is 2.20. The molecule has 4 aromatic carbocycles. The fraction of sp³-hybridized carbons (Fsp3) is 0.120. The summed E-state index contributed by atoms with van der Waals surface area (Å²) in [7, 11) is 2.10. The van der Waals surface area contributed by atoms with Gasteiger partial charge in [0.25, 0.3) is 0 Å². The molecule has 5 rings (SSSR count). The van der Waals surface area contributed by atoms with Gasteiger partial charge in [0.05, 0.1) is 17.1 Å². The van der Waals surface area contributed by atoms with Crippen molar-refractivity contribution >= 4 is 38.6 Å². The van der Waals surface area contributed by atoms with E-state index in [0.717, 1.165) is 5.82 Å². The highest BCUT2D eigenvalue weighted by atomic mass is 15.4. The molecule has 0 unspecified atom stereocenters. The quantitative estimate of drug-likeness (QED) is 0.378. The normalized spacial score (nSPS) is 13.7. The molecule has 0 spiro atoms. The summed E-state index contributed by atoms with van der Waals surface area (Å²) in [5, 5.41) is 5.08. The van der Waals surface area contributed by atoms with E-state index in [4.69, 9.17) is 0 Å². The van der Waals surface area contributed by atoms with Crippen molar-refractivity contribution in [3.05, 3.63) is 90.3 Å². The minimum atomic E-state index is 0.988. The highest BCUT2D eigenvalue weighted by Crippen LogP contribution is 2.49. The monoisotopic (exact) mass is 350 g/mol. The number of nitrogens with zero attached hydrogens (tertiary/aromatic N) is 2. The van der Waals surface area contributed by atoms with Gasteiger partial charge in [0.1, 0.15) is 5.82 Å². The van der Waals surface area contributed by atoms with E-state index < -0.39 is 0 Å². The van der Waals surface area contributed by atoms with E-state index in [-0.39, 0.29) is 0 Å². The lowest BCUT2D eigenvalue weighted by molar-refractivity contribution is 1.08. The van der Waals surface area contributed by atoms with Crippen molar-refractivity contribution in [2.75, 3.05) is 16.8 Å². The number of aryl methyl sites for hydroxylation is 2. The molecule has 0 atom stereocenters. The van der Waals surface area contributed by atoms with Gasteiger partial charge >= 0.3 is 0 Å². The molecule has 0 aliphatic carbocycles. The van der Waals surface area contributed by atoms with E-state index in [0.29, 0.717) is 0 Å². The molecule has 1 aliphatic heterocycles. The summed E-state index contributed by atoms with van der Waals surface area (Å²) >= 11 is 0. The number of hydrogen-bond acceptors (Lipinski definition) is 2. The minimum absolute atomic E-state index is 0.988. The van der Waals surface area contributed by atoms with Crippen LogP contribution in [0, 0.1) is 13.8 Å². The largest absolute Gasteiger partial charge is 0.329 e. The summed E-state index contributed by atoms with van der Waals surface area (Å²) in [6.45, 7) is 8.83. The molecule has 0 saturated heterocycles. The average Bonchev–Trinajstić information content (AvgIpc) is 2.91. The van der Waals surface area contributed by atoms with Crippen LogP contribution in [-0.4, -0.2) is 7.05 Å². The summed E-state index contributed by atoms with van der Waals surface area (Å²) in [5.74, 6) is 0.988. The molecule has 0 fully saturated rings. The zero-order valence-corrected chi connectivity index (χ0v) is 16.0. The topological polar surface area (TPSA) is 6.48 Å². The van der Waals surface area contributed by atoms with Crippen LogP contribution in [0.3, 0.4) is 0 Å². The second kappa shape index (κ2) is 5.62. The first kappa shape index (κ1) is 16.0. The molecule has 0 amide bonds. The van der Waals surface area contributed by atoms with Crippen LogP contribution in [0.15, 0.2) is 79.1 Å². The molecular formula is C25H22N2. The number of benzene rings is 4. The predicted octanol–water partition coefficient (Wildman–Crippen LogP) is 6.67. The minimum Gasteiger partial charge on any atom is -0.329 e. The van der Waals surface area contributed by atoms with E-state index in [1.54, 1.807) is 0 Å². The van der Waals surface area contributed by atoms with Crippen LogP contribution in [0.5, 0.6) is 0 Å². The molecule has 0 bridgehead atoms. The number of hydrogen-bond donors (Lipinski definition) is 0. The van der Waals surface area contributed by atoms with Gasteiger partial charge in [-0.3, -0.25) is 4.90 Å². The van der Waals surface area contributed by atoms with Crippen molar-refractivity contribution in [3.8, 4) is 0 Å². The lowest BCUT2D eigenvalue weighted by Gasteiger charge is -2.26. The van der Waals surface area contributed by atoms with Gasteiger partial charge in [-0.15, -0.1) is 0 Å². The third-order valence-corrected chi connectivity index (χ3v) is 5.78. The first-order valence-electron chi connectivity index (χ1n) is 9.31. The van der Waals surface area contributed by atoms with Crippen molar-refractivity contribution in [3.63, 3.8) is 0 Å². The van der Waals surface area contributed by atoms with Crippen LogP contribution in [0.25, 0.3) is 21.5 Å². The SMILES string of the molecule is C=C1N(C)c2cc3ccccc3cc2N1c1c(C)cc2ccccc2c1C. The van der Waals surface area contributed by atoms with Gasteiger partial charge in [0.2, 0.25) is 0 Å². The molecule has 0 aromatic heterocycles. The van der Waals surface area contributed by atoms with Gasteiger partial charge in [-0.2, -0.15) is 0 Å². The van der Waals surface area contributed by atoms with Crippen LogP contribution in [-0.2, 0) is 0 Å². The summed E-state index contributed by atoms with van der Waals surface area (Å²) < 4.78 is 0. The first-order valence-corrected chi connectivity index (χ1v) is 9.31. The Kier molecular flexibility index (Phi) is 3.32. The Morgan fingerprint density at radius 2 is 1.33 bits per heavy atom. The Labute approximate surface area is 160 Å². The van der Waals surface area contributed by atoms with Gasteiger partial charge in [-0.05, 0) is 64.7 Å². The first-order chi connectivity index (χ1) is 13.1. The molecular weight excluding hydrogens is 328 g/mol. The molecule has 2 heteroatoms. The van der Waals surface area contributed by atoms with Gasteiger partial charge < -0.3 is 4.90 Å². The second-order valence-electron chi connectivity index (χ2n) is 7.39. The maximum atomic E-state index is 4.41. The maximum Gasteiger partial charge on any atom is 0.110 e. The molecule has 0 N–H and O–H groups in total. The van der Waals surface area contributed by atoms with Crippen LogP contribution in [0.1, 0.15) is 11.1 Å². The highest BCUT2D eigenvalue weighted by Gasteiger charge is 2.31. The Bertz CT molecular complexity index is 1240. The summed E-state index contributed by atoms with van der Waals surface area (Å²) in [5.41, 5.74) is 6.19. The highest BCUT2D eigenvalue weighted by molar-refractivity contribution is 6.01. The zero-order chi connectivity index (χ0) is 18.7. The Morgan fingerprint density at radius 1 is 0.741 bits per heavy atom. The lowest BCUT2D eigenvalue weighted by Crippen LogP contribution is -2.21. The molecule has 1 aliphatic rings. The van der Waals surface area contributed by atoms with E-state index >= 15 is 0 Å². The van der Waals surface area contributed by atoms with Crippen molar-refractivity contribution in [1.82, 2.24) is 0 Å². The molecule has 0 radical (unpaired) electrons. The van der Waals surface area contributed by atoms with E-state index in [2.05, 4.69) is 104 Å². The lowest BCUT2D eigenvalue weighted by atomic mass is 9.98. The molecule has 0 saturated carbocycles. The molecule has 1 heterocycles. The molecule has 27 heavy (non-hydrogen) atoms. The zero-order valence-electron chi connectivity index (χ0n) is 16.0. The fourth-order valence-electron chi connectivity index (χ4n) is 4.37. The van der Waals surface area contributed by atoms with E-state index in [1.807, 2.05) is 0 Å². The summed E-state index contributed by atoms with van der Waals surface area (Å²) in [6, 6.07) is 24.0. The van der Waals surface area contributed by atoms with Crippen molar-refractivity contribution in [1.29, 1.82) is 0 Å².